The van der Waals surface area contributed by atoms with Gasteiger partial charge in [0.15, 0.2) is 0 Å². The number of thioether (sulfide) groups is 1. The zero-order chi connectivity index (χ0) is 11.6. The van der Waals surface area contributed by atoms with E-state index in [1.165, 1.54) is 11.8 Å². The van der Waals surface area contributed by atoms with Gasteiger partial charge < -0.3 is 5.11 Å². The van der Waals surface area contributed by atoms with E-state index in [1.807, 2.05) is 6.26 Å². The SMILES string of the molecule is CSc1ccc(C)c(O)c1CS(=O)(=O)Cl. The highest BCUT2D eigenvalue weighted by atomic mass is 35.7. The smallest absolute Gasteiger partial charge is 0.236 e. The number of benzene rings is 1. The second-order valence-corrected chi connectivity index (χ2v) is 6.72. The maximum absolute atomic E-state index is 11.0. The Morgan fingerprint density at radius 1 is 1.47 bits per heavy atom. The number of hydrogen-bond donors (Lipinski definition) is 1. The van der Waals surface area contributed by atoms with Gasteiger partial charge in [-0.05, 0) is 24.8 Å². The van der Waals surface area contributed by atoms with Gasteiger partial charge in [-0.25, -0.2) is 8.42 Å². The molecule has 0 aromatic heterocycles. The molecular weight excluding hydrogens is 256 g/mol. The molecule has 0 saturated heterocycles. The molecule has 1 aromatic carbocycles. The standard InChI is InChI=1S/C9H11ClO3S2/c1-6-3-4-8(14-2)7(9(6)11)5-15(10,12)13/h3-4,11H,5H2,1-2H3. The summed E-state index contributed by atoms with van der Waals surface area (Å²) in [6, 6.07) is 3.52. The minimum atomic E-state index is -3.65. The summed E-state index contributed by atoms with van der Waals surface area (Å²) in [6.45, 7) is 1.71. The second kappa shape index (κ2) is 4.63. The number of aryl methyl sites for hydroxylation is 1. The van der Waals surface area contributed by atoms with Crippen LogP contribution in [-0.4, -0.2) is 19.8 Å². The van der Waals surface area contributed by atoms with Gasteiger partial charge in [0, 0.05) is 21.1 Å². The lowest BCUT2D eigenvalue weighted by Crippen LogP contribution is -1.98. The molecule has 0 aliphatic heterocycles. The van der Waals surface area contributed by atoms with E-state index in [2.05, 4.69) is 0 Å². The first-order valence-corrected chi connectivity index (χ1v) is 7.83. The van der Waals surface area contributed by atoms with Gasteiger partial charge in [-0.15, -0.1) is 11.8 Å². The zero-order valence-electron chi connectivity index (χ0n) is 8.32. The third-order valence-corrected chi connectivity index (χ3v) is 3.76. The Kier molecular flexibility index (Phi) is 3.92. The average molecular weight is 267 g/mol. The second-order valence-electron chi connectivity index (χ2n) is 3.10. The van der Waals surface area contributed by atoms with Crippen molar-refractivity contribution in [3.8, 4) is 5.75 Å². The lowest BCUT2D eigenvalue weighted by Gasteiger charge is -2.10. The molecule has 1 rings (SSSR count). The van der Waals surface area contributed by atoms with Crippen molar-refractivity contribution in [1.82, 2.24) is 0 Å². The van der Waals surface area contributed by atoms with E-state index in [0.717, 1.165) is 4.90 Å². The van der Waals surface area contributed by atoms with Crippen LogP contribution in [0.1, 0.15) is 11.1 Å². The molecule has 1 aromatic rings. The van der Waals surface area contributed by atoms with Crippen molar-refractivity contribution in [3.63, 3.8) is 0 Å². The fourth-order valence-corrected chi connectivity index (χ4v) is 2.91. The van der Waals surface area contributed by atoms with Crippen LogP contribution in [0.15, 0.2) is 17.0 Å². The van der Waals surface area contributed by atoms with E-state index in [9.17, 15) is 13.5 Å². The number of hydrogen-bond acceptors (Lipinski definition) is 4. The highest BCUT2D eigenvalue weighted by Crippen LogP contribution is 2.33. The van der Waals surface area contributed by atoms with Crippen molar-refractivity contribution >= 4 is 31.5 Å². The number of aromatic hydroxyl groups is 1. The summed E-state index contributed by atoms with van der Waals surface area (Å²) < 4.78 is 22.0. The quantitative estimate of drug-likeness (QED) is 0.675. The van der Waals surface area contributed by atoms with Gasteiger partial charge in [0.05, 0.1) is 5.75 Å². The van der Waals surface area contributed by atoms with Crippen LogP contribution < -0.4 is 0 Å². The molecule has 15 heavy (non-hydrogen) atoms. The van der Waals surface area contributed by atoms with Gasteiger partial charge in [0.2, 0.25) is 9.05 Å². The first-order chi connectivity index (χ1) is 6.85. The summed E-state index contributed by atoms with van der Waals surface area (Å²) in [5.41, 5.74) is 1.01. The van der Waals surface area contributed by atoms with Crippen molar-refractivity contribution < 1.29 is 13.5 Å². The van der Waals surface area contributed by atoms with Crippen LogP contribution in [0.4, 0.5) is 0 Å². The van der Waals surface area contributed by atoms with Crippen molar-refractivity contribution in [2.24, 2.45) is 0 Å². The summed E-state index contributed by atoms with van der Waals surface area (Å²) in [4.78, 5) is 0.724. The molecule has 0 unspecified atom stereocenters. The molecule has 6 heteroatoms. The molecule has 0 atom stereocenters. The molecule has 3 nitrogen and oxygen atoms in total. The van der Waals surface area contributed by atoms with Crippen molar-refractivity contribution in [2.45, 2.75) is 17.6 Å². The van der Waals surface area contributed by atoms with Gasteiger partial charge >= 0.3 is 0 Å². The molecular formula is C9H11ClO3S2. The Morgan fingerprint density at radius 2 is 2.07 bits per heavy atom. The molecule has 0 spiro atoms. The Labute approximate surface area is 97.9 Å². The zero-order valence-corrected chi connectivity index (χ0v) is 10.7. The number of phenols is 1. The van der Waals surface area contributed by atoms with Gasteiger partial charge in [-0.3, -0.25) is 0 Å². The maximum atomic E-state index is 11.0. The molecule has 0 saturated carbocycles. The van der Waals surface area contributed by atoms with Gasteiger partial charge in [-0.2, -0.15) is 0 Å². The van der Waals surface area contributed by atoms with E-state index < -0.39 is 9.05 Å². The van der Waals surface area contributed by atoms with Crippen molar-refractivity contribution in [1.29, 1.82) is 0 Å². The summed E-state index contributed by atoms with van der Waals surface area (Å²) in [5, 5.41) is 9.74. The summed E-state index contributed by atoms with van der Waals surface area (Å²) >= 11 is 1.38. The van der Waals surface area contributed by atoms with Crippen LogP contribution in [0.3, 0.4) is 0 Å². The van der Waals surface area contributed by atoms with E-state index in [-0.39, 0.29) is 11.5 Å². The third-order valence-electron chi connectivity index (χ3n) is 1.98. The Bertz CT molecular complexity index is 468. The van der Waals surface area contributed by atoms with Gasteiger partial charge in [0.1, 0.15) is 5.75 Å². The molecule has 0 heterocycles. The Balaban J connectivity index is 3.30. The highest BCUT2D eigenvalue weighted by molar-refractivity contribution is 8.13. The first-order valence-electron chi connectivity index (χ1n) is 4.13. The van der Waals surface area contributed by atoms with Gasteiger partial charge in [-0.1, -0.05) is 6.07 Å². The number of halogens is 1. The number of phenolic OH excluding ortho intramolecular Hbond substituents is 1. The minimum Gasteiger partial charge on any atom is -0.507 e. The lowest BCUT2D eigenvalue weighted by molar-refractivity contribution is 0.463. The van der Waals surface area contributed by atoms with Crippen LogP contribution in [0, 0.1) is 6.92 Å². The predicted molar refractivity (Wildman–Crippen MR) is 63.1 cm³/mol. The molecule has 0 radical (unpaired) electrons. The maximum Gasteiger partial charge on any atom is 0.236 e. The molecule has 84 valence electrons. The molecule has 0 aliphatic carbocycles. The van der Waals surface area contributed by atoms with Crippen LogP contribution in [0.25, 0.3) is 0 Å². The molecule has 1 N–H and O–H groups in total. The molecule has 0 fully saturated rings. The molecule has 0 amide bonds. The first kappa shape index (κ1) is 12.7. The minimum absolute atomic E-state index is 0.00563. The normalized spacial score (nSPS) is 11.7. The van der Waals surface area contributed by atoms with E-state index in [0.29, 0.717) is 11.1 Å². The topological polar surface area (TPSA) is 54.4 Å². The molecule has 0 aliphatic rings. The molecule has 0 bridgehead atoms. The van der Waals surface area contributed by atoms with Gasteiger partial charge in [0.25, 0.3) is 0 Å². The van der Waals surface area contributed by atoms with Crippen LogP contribution in [0.2, 0.25) is 0 Å². The highest BCUT2D eigenvalue weighted by Gasteiger charge is 2.16. The fraction of sp³-hybridized carbons (Fsp3) is 0.333. The van der Waals surface area contributed by atoms with E-state index in [1.54, 1.807) is 19.1 Å². The van der Waals surface area contributed by atoms with Crippen LogP contribution in [0.5, 0.6) is 5.75 Å². The van der Waals surface area contributed by atoms with E-state index >= 15 is 0 Å². The Morgan fingerprint density at radius 3 is 2.53 bits per heavy atom. The average Bonchev–Trinajstić information content (AvgIpc) is 2.11. The Hall–Kier alpha value is -0.390. The third kappa shape index (κ3) is 3.29. The largest absolute Gasteiger partial charge is 0.507 e. The predicted octanol–water partition coefficient (Wildman–Crippen LogP) is 2.49. The van der Waals surface area contributed by atoms with E-state index in [4.69, 9.17) is 10.7 Å². The van der Waals surface area contributed by atoms with Crippen LogP contribution >= 0.6 is 22.4 Å². The van der Waals surface area contributed by atoms with Crippen molar-refractivity contribution in [3.05, 3.63) is 23.3 Å². The summed E-state index contributed by atoms with van der Waals surface area (Å²) in [5.74, 6) is -0.343. The van der Waals surface area contributed by atoms with Crippen molar-refractivity contribution in [2.75, 3.05) is 6.26 Å². The lowest BCUT2D eigenvalue weighted by atomic mass is 10.1. The monoisotopic (exact) mass is 266 g/mol. The summed E-state index contributed by atoms with van der Waals surface area (Å²) in [6.07, 6.45) is 1.81. The summed E-state index contributed by atoms with van der Waals surface area (Å²) in [7, 11) is 1.52. The van der Waals surface area contributed by atoms with Crippen LogP contribution in [-0.2, 0) is 14.8 Å². The fourth-order valence-electron chi connectivity index (χ4n) is 1.24. The number of rotatable bonds is 3.